The number of benzene rings is 2. The Hall–Kier alpha value is -3.48. The normalized spacial score (nSPS) is 15.8. The van der Waals surface area contributed by atoms with Crippen molar-refractivity contribution in [2.75, 3.05) is 7.05 Å². The third-order valence-corrected chi connectivity index (χ3v) is 5.08. The number of hydrogen-bond donors (Lipinski definition) is 0. The number of amides is 1. The summed E-state index contributed by atoms with van der Waals surface area (Å²) in [4.78, 5) is 20.0. The number of rotatable bonds is 6. The molecule has 0 saturated heterocycles. The molecule has 1 aliphatic rings. The maximum absolute atomic E-state index is 12.9. The fourth-order valence-electron chi connectivity index (χ4n) is 3.51. The van der Waals surface area contributed by atoms with E-state index in [1.54, 1.807) is 18.9 Å². The molecule has 4 rings (SSSR count). The second-order valence-electron chi connectivity index (χ2n) is 7.13. The fourth-order valence-corrected chi connectivity index (χ4v) is 3.51. The number of oxime groups is 1. The van der Waals surface area contributed by atoms with Gasteiger partial charge in [0.25, 0.3) is 5.91 Å². The van der Waals surface area contributed by atoms with Crippen LogP contribution >= 0.6 is 0 Å². The van der Waals surface area contributed by atoms with E-state index in [4.69, 9.17) is 9.47 Å². The molecule has 0 radical (unpaired) electrons. The molecule has 0 spiro atoms. The maximum atomic E-state index is 12.9. The molecular weight excluding hydrogens is 368 g/mol. The Balaban J connectivity index is 1.50. The summed E-state index contributed by atoms with van der Waals surface area (Å²) in [6, 6.07) is 20.3. The van der Waals surface area contributed by atoms with Gasteiger partial charge in [0.1, 0.15) is 11.4 Å². The molecule has 1 aliphatic heterocycles. The second-order valence-corrected chi connectivity index (χ2v) is 7.13. The van der Waals surface area contributed by atoms with Crippen molar-refractivity contribution in [1.82, 2.24) is 15.2 Å². The third-order valence-electron chi connectivity index (χ3n) is 5.08. The Labute approximate surface area is 168 Å². The van der Waals surface area contributed by atoms with Gasteiger partial charge >= 0.3 is 0 Å². The summed E-state index contributed by atoms with van der Waals surface area (Å²) in [7, 11) is 1.71. The van der Waals surface area contributed by atoms with Gasteiger partial charge in [0.05, 0.1) is 18.2 Å². The highest BCUT2D eigenvalue weighted by Crippen LogP contribution is 2.31. The van der Waals surface area contributed by atoms with Gasteiger partial charge in [-0.15, -0.1) is 0 Å². The van der Waals surface area contributed by atoms with Crippen molar-refractivity contribution in [1.29, 1.82) is 0 Å². The first-order chi connectivity index (χ1) is 14.1. The van der Waals surface area contributed by atoms with E-state index in [0.29, 0.717) is 24.4 Å². The Bertz CT molecular complexity index is 962. The molecule has 0 bridgehead atoms. The Morgan fingerprint density at radius 1 is 1.07 bits per heavy atom. The first-order valence-corrected chi connectivity index (χ1v) is 9.49. The summed E-state index contributed by atoms with van der Waals surface area (Å²) >= 11 is 0. The van der Waals surface area contributed by atoms with Crippen LogP contribution in [-0.4, -0.2) is 40.0 Å². The number of likely N-dealkylation sites (N-methyl/N-ethyl adjacent to an activating group) is 1. The molecule has 7 heteroatoms. The molecule has 1 unspecified atom stereocenters. The predicted molar refractivity (Wildman–Crippen MR) is 107 cm³/mol. The van der Waals surface area contributed by atoms with E-state index in [9.17, 15) is 4.79 Å². The van der Waals surface area contributed by atoms with Gasteiger partial charge < -0.3 is 9.74 Å². The maximum Gasteiger partial charge on any atom is 0.266 e. The topological polar surface area (TPSA) is 80.8 Å². The van der Waals surface area contributed by atoms with Crippen molar-refractivity contribution in [3.63, 3.8) is 0 Å². The molecule has 0 saturated carbocycles. The van der Waals surface area contributed by atoms with E-state index in [1.807, 2.05) is 36.4 Å². The first kappa shape index (κ1) is 18.9. The number of carbonyl (C=O) groups is 1. The van der Waals surface area contributed by atoms with Crippen molar-refractivity contribution in [2.24, 2.45) is 5.16 Å². The zero-order valence-electron chi connectivity index (χ0n) is 16.4. The summed E-state index contributed by atoms with van der Waals surface area (Å²) < 4.78 is 4.71. The quantitative estimate of drug-likeness (QED) is 0.645. The number of nitrogens with zero attached hydrogens (tertiary/aromatic N) is 4. The summed E-state index contributed by atoms with van der Waals surface area (Å²) in [6.45, 7) is 2.10. The van der Waals surface area contributed by atoms with Crippen LogP contribution in [0.3, 0.4) is 0 Å². The molecule has 0 N–H and O–H groups in total. The summed E-state index contributed by atoms with van der Waals surface area (Å²) in [5, 5.41) is 11.9. The van der Waals surface area contributed by atoms with E-state index in [-0.39, 0.29) is 11.8 Å². The highest BCUT2D eigenvalue weighted by molar-refractivity contribution is 5.98. The first-order valence-electron chi connectivity index (χ1n) is 9.49. The smallest absolute Gasteiger partial charge is 0.266 e. The van der Waals surface area contributed by atoms with Crippen LogP contribution in [0.25, 0.3) is 0 Å². The van der Waals surface area contributed by atoms with Gasteiger partial charge in [-0.2, -0.15) is 0 Å². The van der Waals surface area contributed by atoms with Crippen LogP contribution in [0.1, 0.15) is 34.9 Å². The van der Waals surface area contributed by atoms with Crippen molar-refractivity contribution in [3.05, 3.63) is 83.2 Å². The Morgan fingerprint density at radius 2 is 1.69 bits per heavy atom. The zero-order chi connectivity index (χ0) is 20.2. The van der Waals surface area contributed by atoms with E-state index in [0.717, 1.165) is 16.8 Å². The van der Waals surface area contributed by atoms with Crippen LogP contribution < -0.4 is 0 Å². The van der Waals surface area contributed by atoms with Crippen LogP contribution in [0.5, 0.6) is 0 Å². The lowest BCUT2D eigenvalue weighted by molar-refractivity contribution is -0.141. The van der Waals surface area contributed by atoms with Gasteiger partial charge in [-0.25, -0.2) is 4.63 Å². The van der Waals surface area contributed by atoms with Crippen molar-refractivity contribution in [2.45, 2.75) is 31.9 Å². The van der Waals surface area contributed by atoms with Crippen LogP contribution in [0.2, 0.25) is 0 Å². The molecule has 1 atom stereocenters. The minimum atomic E-state index is -0.648. The Morgan fingerprint density at radius 3 is 2.24 bits per heavy atom. The van der Waals surface area contributed by atoms with Crippen molar-refractivity contribution >= 4 is 11.6 Å². The number of aromatic nitrogens is 2. The summed E-state index contributed by atoms with van der Waals surface area (Å²) in [5.41, 5.74) is 4.38. The monoisotopic (exact) mass is 390 g/mol. The van der Waals surface area contributed by atoms with Gasteiger partial charge in [-0.05, 0) is 18.1 Å². The van der Waals surface area contributed by atoms with E-state index >= 15 is 0 Å². The molecule has 1 amide bonds. The van der Waals surface area contributed by atoms with Gasteiger partial charge in [0.15, 0.2) is 0 Å². The van der Waals surface area contributed by atoms with E-state index in [1.165, 1.54) is 0 Å². The Kier molecular flexibility index (Phi) is 5.37. The number of hydrogen-bond acceptors (Lipinski definition) is 6. The minimum absolute atomic E-state index is 0.0532. The van der Waals surface area contributed by atoms with Crippen LogP contribution in [0.15, 0.2) is 70.4 Å². The van der Waals surface area contributed by atoms with Gasteiger partial charge in [-0.1, -0.05) is 76.1 Å². The second kappa shape index (κ2) is 8.26. The standard InChI is InChI=1S/C22H22N4O3/c1-15-19(25-29-23-15)14-26(2)22(27)20-13-18(24-28-20)21(16-9-5-3-6-10-16)17-11-7-4-8-12-17/h3-12,20-21H,13-14H2,1-2H3. The summed E-state index contributed by atoms with van der Waals surface area (Å²) in [5.74, 6) is -0.200. The molecule has 29 heavy (non-hydrogen) atoms. The van der Waals surface area contributed by atoms with Crippen LogP contribution in [0, 0.1) is 6.92 Å². The molecule has 3 aromatic rings. The molecule has 148 valence electrons. The molecule has 2 heterocycles. The van der Waals surface area contributed by atoms with Gasteiger partial charge in [0.2, 0.25) is 6.10 Å². The lowest BCUT2D eigenvalue weighted by Crippen LogP contribution is -2.36. The van der Waals surface area contributed by atoms with Crippen LogP contribution in [-0.2, 0) is 16.2 Å². The lowest BCUT2D eigenvalue weighted by Gasteiger charge is -2.20. The molecule has 2 aromatic carbocycles. The average molecular weight is 390 g/mol. The van der Waals surface area contributed by atoms with E-state index < -0.39 is 6.10 Å². The predicted octanol–water partition coefficient (Wildman–Crippen LogP) is 3.31. The minimum Gasteiger partial charge on any atom is -0.382 e. The third kappa shape index (κ3) is 4.03. The average Bonchev–Trinajstić information content (AvgIpc) is 3.39. The van der Waals surface area contributed by atoms with Crippen molar-refractivity contribution < 1.29 is 14.3 Å². The molecule has 7 nitrogen and oxygen atoms in total. The molecular formula is C22H22N4O3. The number of carbonyl (C=O) groups excluding carboxylic acids is 1. The fraction of sp³-hybridized carbons (Fsp3) is 0.273. The molecule has 0 aliphatic carbocycles. The largest absolute Gasteiger partial charge is 0.382 e. The number of aryl methyl sites for hydroxylation is 1. The highest BCUT2D eigenvalue weighted by atomic mass is 16.6. The van der Waals surface area contributed by atoms with Crippen molar-refractivity contribution in [3.8, 4) is 0 Å². The van der Waals surface area contributed by atoms with E-state index in [2.05, 4.69) is 39.7 Å². The van der Waals surface area contributed by atoms with Gasteiger partial charge in [-0.3, -0.25) is 4.79 Å². The molecule has 0 fully saturated rings. The summed E-state index contributed by atoms with van der Waals surface area (Å²) in [6.07, 6.45) is -0.210. The SMILES string of the molecule is Cc1nonc1CN(C)C(=O)C1CC(C(c2ccccc2)c2ccccc2)=NO1. The zero-order valence-corrected chi connectivity index (χ0v) is 16.4. The highest BCUT2D eigenvalue weighted by Gasteiger charge is 2.35. The van der Waals surface area contributed by atoms with Crippen LogP contribution in [0.4, 0.5) is 0 Å². The van der Waals surface area contributed by atoms with Gasteiger partial charge in [0, 0.05) is 13.5 Å². The molecule has 1 aromatic heterocycles. The lowest BCUT2D eigenvalue weighted by atomic mass is 9.85.